The Morgan fingerprint density at radius 2 is 2.00 bits per heavy atom. The van der Waals surface area contributed by atoms with Crippen LogP contribution in [0.1, 0.15) is 47.9 Å². The highest BCUT2D eigenvalue weighted by Gasteiger charge is 2.34. The van der Waals surface area contributed by atoms with E-state index in [2.05, 4.69) is 26.6 Å². The number of fused-ring (bicyclic) bond motifs is 5. The van der Waals surface area contributed by atoms with E-state index in [1.54, 1.807) is 7.11 Å². The lowest BCUT2D eigenvalue weighted by molar-refractivity contribution is 0.138. The standard InChI is InChI=1S/C23H28N4O/c1-16-24-15-21-23(25-16)22-19-5-3-4-12-26(19)13-11-20(22)27(21)14-10-17-6-8-18(28-2)9-7-17/h6-9,15,19H,3-5,10-14H2,1-2H3. The van der Waals surface area contributed by atoms with Crippen molar-refractivity contribution in [3.8, 4) is 5.75 Å². The van der Waals surface area contributed by atoms with Gasteiger partial charge in [-0.05, 0) is 50.4 Å². The van der Waals surface area contributed by atoms with E-state index < -0.39 is 0 Å². The maximum absolute atomic E-state index is 5.29. The molecular formula is C23H28N4O. The van der Waals surface area contributed by atoms with Crippen molar-refractivity contribution in [3.63, 3.8) is 0 Å². The summed E-state index contributed by atoms with van der Waals surface area (Å²) in [7, 11) is 1.71. The van der Waals surface area contributed by atoms with E-state index in [1.807, 2.05) is 25.3 Å². The Bertz CT molecular complexity index is 992. The van der Waals surface area contributed by atoms with E-state index in [0.717, 1.165) is 31.0 Å². The first-order chi connectivity index (χ1) is 13.7. The second-order valence-electron chi connectivity index (χ2n) is 8.06. The maximum Gasteiger partial charge on any atom is 0.126 e. The molecule has 4 heterocycles. The Morgan fingerprint density at radius 3 is 2.82 bits per heavy atom. The first-order valence-corrected chi connectivity index (χ1v) is 10.5. The molecule has 1 atom stereocenters. The lowest BCUT2D eigenvalue weighted by Gasteiger charge is -2.39. The van der Waals surface area contributed by atoms with Gasteiger partial charge in [-0.15, -0.1) is 0 Å². The summed E-state index contributed by atoms with van der Waals surface area (Å²) in [5.74, 6) is 1.78. The lowest BCUT2D eigenvalue weighted by Crippen LogP contribution is -2.39. The zero-order valence-electron chi connectivity index (χ0n) is 16.8. The number of hydrogen-bond acceptors (Lipinski definition) is 4. The van der Waals surface area contributed by atoms with Crippen LogP contribution in [0.5, 0.6) is 5.75 Å². The van der Waals surface area contributed by atoms with Crippen LogP contribution >= 0.6 is 0 Å². The largest absolute Gasteiger partial charge is 0.497 e. The third-order valence-corrected chi connectivity index (χ3v) is 6.44. The van der Waals surface area contributed by atoms with Crippen molar-refractivity contribution >= 4 is 11.0 Å². The predicted octanol–water partition coefficient (Wildman–Crippen LogP) is 4.07. The molecule has 3 aromatic rings. The quantitative estimate of drug-likeness (QED) is 0.688. The number of aromatic nitrogens is 3. The van der Waals surface area contributed by atoms with Crippen LogP contribution in [0.4, 0.5) is 0 Å². The van der Waals surface area contributed by atoms with Crippen molar-refractivity contribution in [2.24, 2.45) is 0 Å². The monoisotopic (exact) mass is 376 g/mol. The van der Waals surface area contributed by atoms with Gasteiger partial charge in [-0.25, -0.2) is 9.97 Å². The second kappa shape index (κ2) is 7.21. The fourth-order valence-electron chi connectivity index (χ4n) is 5.03. The number of piperidine rings is 1. The fraction of sp³-hybridized carbons (Fsp3) is 0.478. The zero-order chi connectivity index (χ0) is 19.1. The first-order valence-electron chi connectivity index (χ1n) is 10.5. The highest BCUT2D eigenvalue weighted by Crippen LogP contribution is 2.41. The van der Waals surface area contributed by atoms with Crippen molar-refractivity contribution in [1.82, 2.24) is 19.4 Å². The van der Waals surface area contributed by atoms with E-state index in [-0.39, 0.29) is 0 Å². The van der Waals surface area contributed by atoms with Gasteiger partial charge in [0.2, 0.25) is 0 Å². The molecular weight excluding hydrogens is 348 g/mol. The summed E-state index contributed by atoms with van der Waals surface area (Å²) in [6.45, 7) is 5.37. The molecule has 0 spiro atoms. The molecule has 0 aliphatic carbocycles. The highest BCUT2D eigenvalue weighted by molar-refractivity contribution is 5.82. The van der Waals surface area contributed by atoms with Gasteiger partial charge in [0, 0.05) is 36.8 Å². The van der Waals surface area contributed by atoms with E-state index in [0.29, 0.717) is 6.04 Å². The lowest BCUT2D eigenvalue weighted by atomic mass is 9.90. The molecule has 1 fully saturated rings. The molecule has 1 saturated heterocycles. The van der Waals surface area contributed by atoms with Crippen LogP contribution in [0, 0.1) is 6.92 Å². The molecule has 28 heavy (non-hydrogen) atoms. The van der Waals surface area contributed by atoms with Crippen molar-refractivity contribution in [2.75, 3.05) is 20.2 Å². The minimum Gasteiger partial charge on any atom is -0.497 e. The van der Waals surface area contributed by atoms with E-state index >= 15 is 0 Å². The van der Waals surface area contributed by atoms with Crippen molar-refractivity contribution in [1.29, 1.82) is 0 Å². The van der Waals surface area contributed by atoms with Gasteiger partial charge < -0.3 is 9.30 Å². The fourth-order valence-corrected chi connectivity index (χ4v) is 5.03. The number of ether oxygens (including phenoxy) is 1. The average Bonchev–Trinajstić information content (AvgIpc) is 3.05. The number of nitrogens with zero attached hydrogens (tertiary/aromatic N) is 4. The SMILES string of the molecule is COc1ccc(CCn2c3c(c4nc(C)ncc42)C2CCCCN2CC3)cc1. The third-order valence-electron chi connectivity index (χ3n) is 6.44. The van der Waals surface area contributed by atoms with Crippen LogP contribution in [-0.2, 0) is 19.4 Å². The molecule has 2 aromatic heterocycles. The number of methoxy groups -OCH3 is 1. The van der Waals surface area contributed by atoms with E-state index in [1.165, 1.54) is 60.2 Å². The molecule has 0 radical (unpaired) electrons. The highest BCUT2D eigenvalue weighted by atomic mass is 16.5. The molecule has 5 rings (SSSR count). The summed E-state index contributed by atoms with van der Waals surface area (Å²) in [6, 6.07) is 8.97. The minimum atomic E-state index is 0.538. The molecule has 1 unspecified atom stereocenters. The van der Waals surface area contributed by atoms with Crippen LogP contribution < -0.4 is 4.74 Å². The van der Waals surface area contributed by atoms with Crippen LogP contribution in [0.3, 0.4) is 0 Å². The summed E-state index contributed by atoms with van der Waals surface area (Å²) in [4.78, 5) is 12.1. The van der Waals surface area contributed by atoms with Gasteiger partial charge in [0.15, 0.2) is 0 Å². The molecule has 0 N–H and O–H groups in total. The zero-order valence-corrected chi connectivity index (χ0v) is 16.8. The van der Waals surface area contributed by atoms with Crippen LogP contribution in [-0.4, -0.2) is 39.6 Å². The number of benzene rings is 1. The van der Waals surface area contributed by atoms with Gasteiger partial charge in [0.25, 0.3) is 0 Å². The normalized spacial score (nSPS) is 19.4. The third kappa shape index (κ3) is 2.98. The Labute approximate surface area is 166 Å². The van der Waals surface area contributed by atoms with Gasteiger partial charge >= 0.3 is 0 Å². The van der Waals surface area contributed by atoms with Crippen LogP contribution in [0.15, 0.2) is 30.5 Å². The van der Waals surface area contributed by atoms with Gasteiger partial charge in [-0.3, -0.25) is 4.90 Å². The molecule has 2 aliphatic rings. The first kappa shape index (κ1) is 17.7. The molecule has 1 aromatic carbocycles. The van der Waals surface area contributed by atoms with Crippen molar-refractivity contribution < 1.29 is 4.74 Å². The van der Waals surface area contributed by atoms with Crippen molar-refractivity contribution in [2.45, 2.75) is 51.6 Å². The minimum absolute atomic E-state index is 0.538. The summed E-state index contributed by atoms with van der Waals surface area (Å²) in [5.41, 5.74) is 6.71. The van der Waals surface area contributed by atoms with Gasteiger partial charge in [0.05, 0.1) is 24.3 Å². The van der Waals surface area contributed by atoms with Crippen molar-refractivity contribution in [3.05, 3.63) is 53.1 Å². The summed E-state index contributed by atoms with van der Waals surface area (Å²) in [6.07, 6.45) is 8.07. The molecule has 0 amide bonds. The second-order valence-corrected chi connectivity index (χ2v) is 8.06. The predicted molar refractivity (Wildman–Crippen MR) is 111 cm³/mol. The molecule has 2 aliphatic heterocycles. The average molecular weight is 377 g/mol. The Hall–Kier alpha value is -2.40. The van der Waals surface area contributed by atoms with Crippen LogP contribution in [0.25, 0.3) is 11.0 Å². The maximum atomic E-state index is 5.29. The number of aryl methyl sites for hydroxylation is 3. The van der Waals surface area contributed by atoms with Gasteiger partial charge in [-0.2, -0.15) is 0 Å². The van der Waals surface area contributed by atoms with E-state index in [4.69, 9.17) is 9.72 Å². The Kier molecular flexibility index (Phi) is 4.55. The summed E-state index contributed by atoms with van der Waals surface area (Å²) in [5, 5.41) is 0. The Morgan fingerprint density at radius 1 is 1.14 bits per heavy atom. The topological polar surface area (TPSA) is 43.2 Å². The smallest absolute Gasteiger partial charge is 0.126 e. The molecule has 0 bridgehead atoms. The van der Waals surface area contributed by atoms with Gasteiger partial charge in [0.1, 0.15) is 11.6 Å². The summed E-state index contributed by atoms with van der Waals surface area (Å²) < 4.78 is 7.79. The number of rotatable bonds is 4. The van der Waals surface area contributed by atoms with E-state index in [9.17, 15) is 0 Å². The molecule has 5 heteroatoms. The number of hydrogen-bond donors (Lipinski definition) is 0. The Balaban J connectivity index is 1.53. The molecule has 5 nitrogen and oxygen atoms in total. The van der Waals surface area contributed by atoms with Gasteiger partial charge in [-0.1, -0.05) is 18.6 Å². The molecule has 0 saturated carbocycles. The van der Waals surface area contributed by atoms with Crippen LogP contribution in [0.2, 0.25) is 0 Å². The molecule has 146 valence electrons. The summed E-state index contributed by atoms with van der Waals surface area (Å²) >= 11 is 0.